The molecule has 4 atom stereocenters. The summed E-state index contributed by atoms with van der Waals surface area (Å²) < 4.78 is 0. The molecule has 0 bridgehead atoms. The van der Waals surface area contributed by atoms with E-state index in [1.165, 1.54) is 24.2 Å². The Hall–Kier alpha value is -2.04. The molecule has 4 heterocycles. The van der Waals surface area contributed by atoms with Crippen molar-refractivity contribution in [3.8, 4) is 0 Å². The van der Waals surface area contributed by atoms with Crippen molar-refractivity contribution in [3.05, 3.63) is 59.7 Å². The van der Waals surface area contributed by atoms with Crippen LogP contribution in [-0.4, -0.2) is 51.5 Å². The van der Waals surface area contributed by atoms with Gasteiger partial charge in [0.25, 0.3) is 0 Å². The summed E-state index contributed by atoms with van der Waals surface area (Å²) in [5.41, 5.74) is 6.15. The SMILES string of the molecule is CN1CC[C@@]2([C@@]34CCN[C@@H]3N(C)c3ccccc34)c3ccccc3N(C)[C@@H]12. The number of rotatable bonds is 1. The van der Waals surface area contributed by atoms with E-state index in [4.69, 9.17) is 0 Å². The van der Waals surface area contributed by atoms with Crippen molar-refractivity contribution in [2.75, 3.05) is 44.0 Å². The second-order valence-corrected chi connectivity index (χ2v) is 8.91. The van der Waals surface area contributed by atoms with Gasteiger partial charge < -0.3 is 9.80 Å². The predicted octanol–water partition coefficient (Wildman–Crippen LogP) is 2.74. The fourth-order valence-corrected chi connectivity index (χ4v) is 7.34. The number of anilines is 2. The Balaban J connectivity index is 1.70. The van der Waals surface area contributed by atoms with Crippen molar-refractivity contribution in [3.63, 3.8) is 0 Å². The maximum absolute atomic E-state index is 3.89. The molecule has 0 unspecified atom stereocenters. The van der Waals surface area contributed by atoms with E-state index in [-0.39, 0.29) is 10.8 Å². The zero-order valence-corrected chi connectivity index (χ0v) is 16.4. The van der Waals surface area contributed by atoms with Gasteiger partial charge in [0.15, 0.2) is 0 Å². The van der Waals surface area contributed by atoms with Crippen LogP contribution in [0.4, 0.5) is 11.4 Å². The number of likely N-dealkylation sites (tertiary alicyclic amines) is 1. The Morgan fingerprint density at radius 1 is 0.815 bits per heavy atom. The molecule has 0 aliphatic carbocycles. The fourth-order valence-electron chi connectivity index (χ4n) is 7.34. The van der Waals surface area contributed by atoms with Crippen molar-refractivity contribution in [1.82, 2.24) is 10.2 Å². The highest BCUT2D eigenvalue weighted by molar-refractivity contribution is 5.73. The van der Waals surface area contributed by atoms with Gasteiger partial charge >= 0.3 is 0 Å². The molecule has 140 valence electrons. The van der Waals surface area contributed by atoms with Gasteiger partial charge in [0.1, 0.15) is 0 Å². The van der Waals surface area contributed by atoms with Crippen LogP contribution in [0.25, 0.3) is 0 Å². The maximum Gasteiger partial charge on any atom is 0.0924 e. The number of hydrogen-bond donors (Lipinski definition) is 1. The second kappa shape index (κ2) is 5.06. The lowest BCUT2D eigenvalue weighted by Gasteiger charge is -2.49. The quantitative estimate of drug-likeness (QED) is 0.844. The second-order valence-electron chi connectivity index (χ2n) is 8.91. The van der Waals surface area contributed by atoms with E-state index in [0.29, 0.717) is 12.3 Å². The Morgan fingerprint density at radius 3 is 2.19 bits per heavy atom. The third-order valence-corrected chi connectivity index (χ3v) is 8.12. The molecule has 0 saturated carbocycles. The van der Waals surface area contributed by atoms with Crippen LogP contribution < -0.4 is 15.1 Å². The standard InChI is InChI=1S/C23H28N4/c1-25-15-13-23(17-9-5-7-11-19(17)27(3)21(23)25)22-12-14-24-20(22)26(2)18-10-6-4-8-16(18)22/h4-11,20-21,24H,12-15H2,1-3H3/t20-,21-,22-,23-/m1/s1. The van der Waals surface area contributed by atoms with Gasteiger partial charge in [-0.3, -0.25) is 10.2 Å². The topological polar surface area (TPSA) is 21.8 Å². The van der Waals surface area contributed by atoms with Crippen LogP contribution in [0.15, 0.2) is 48.5 Å². The van der Waals surface area contributed by atoms with Crippen molar-refractivity contribution in [2.45, 2.75) is 36.0 Å². The molecule has 2 saturated heterocycles. The normalized spacial score (nSPS) is 36.7. The molecular weight excluding hydrogens is 332 g/mol. The molecule has 6 rings (SSSR count). The molecule has 0 amide bonds. The first kappa shape index (κ1) is 16.0. The van der Waals surface area contributed by atoms with Crippen LogP contribution >= 0.6 is 0 Å². The molecule has 27 heavy (non-hydrogen) atoms. The number of nitrogens with one attached hydrogen (secondary N) is 1. The van der Waals surface area contributed by atoms with Gasteiger partial charge in [-0.15, -0.1) is 0 Å². The molecule has 4 nitrogen and oxygen atoms in total. The largest absolute Gasteiger partial charge is 0.358 e. The van der Waals surface area contributed by atoms with Gasteiger partial charge in [-0.1, -0.05) is 36.4 Å². The first-order chi connectivity index (χ1) is 13.1. The average Bonchev–Trinajstić information content (AvgIpc) is 3.40. The van der Waals surface area contributed by atoms with E-state index in [1.807, 2.05) is 0 Å². The highest BCUT2D eigenvalue weighted by Gasteiger charge is 2.72. The lowest BCUT2D eigenvalue weighted by atomic mass is 9.55. The molecule has 2 aromatic rings. The summed E-state index contributed by atoms with van der Waals surface area (Å²) in [6.07, 6.45) is 3.20. The zero-order valence-electron chi connectivity index (χ0n) is 16.4. The van der Waals surface area contributed by atoms with Gasteiger partial charge in [0, 0.05) is 42.8 Å². The predicted molar refractivity (Wildman–Crippen MR) is 110 cm³/mol. The molecule has 0 radical (unpaired) electrons. The number of para-hydroxylation sites is 2. The van der Waals surface area contributed by atoms with Gasteiger partial charge in [-0.2, -0.15) is 0 Å². The van der Waals surface area contributed by atoms with Gasteiger partial charge in [0.05, 0.1) is 12.3 Å². The molecule has 4 aliphatic heterocycles. The minimum Gasteiger partial charge on any atom is -0.358 e. The van der Waals surface area contributed by atoms with E-state index in [9.17, 15) is 0 Å². The molecular formula is C23H28N4. The highest BCUT2D eigenvalue weighted by atomic mass is 15.4. The number of fused-ring (bicyclic) bond motifs is 7. The summed E-state index contributed by atoms with van der Waals surface area (Å²) in [6, 6.07) is 18.3. The van der Waals surface area contributed by atoms with E-state index in [1.54, 1.807) is 11.1 Å². The van der Waals surface area contributed by atoms with Crippen molar-refractivity contribution < 1.29 is 0 Å². The molecule has 4 heteroatoms. The van der Waals surface area contributed by atoms with E-state index in [2.05, 4.69) is 89.7 Å². The molecule has 1 N–H and O–H groups in total. The highest BCUT2D eigenvalue weighted by Crippen LogP contribution is 2.66. The first-order valence-electron chi connectivity index (χ1n) is 10.2. The number of likely N-dealkylation sites (N-methyl/N-ethyl adjacent to an activating group) is 3. The van der Waals surface area contributed by atoms with E-state index in [0.717, 1.165) is 13.1 Å². The molecule has 2 fully saturated rings. The first-order valence-corrected chi connectivity index (χ1v) is 10.2. The van der Waals surface area contributed by atoms with Crippen LogP contribution in [-0.2, 0) is 10.8 Å². The zero-order chi connectivity index (χ0) is 18.4. The van der Waals surface area contributed by atoms with Crippen molar-refractivity contribution in [1.29, 1.82) is 0 Å². The lowest BCUT2D eigenvalue weighted by Crippen LogP contribution is -2.62. The monoisotopic (exact) mass is 360 g/mol. The summed E-state index contributed by atoms with van der Waals surface area (Å²) in [5.74, 6) is 0. The Bertz CT molecular complexity index is 926. The molecule has 0 aromatic heterocycles. The number of nitrogens with zero attached hydrogens (tertiary/aromatic N) is 3. The van der Waals surface area contributed by atoms with Crippen molar-refractivity contribution in [2.24, 2.45) is 0 Å². The van der Waals surface area contributed by atoms with Crippen LogP contribution in [0.3, 0.4) is 0 Å². The summed E-state index contributed by atoms with van der Waals surface area (Å²) in [7, 11) is 6.89. The smallest absolute Gasteiger partial charge is 0.0924 e. The van der Waals surface area contributed by atoms with Gasteiger partial charge in [0.2, 0.25) is 0 Å². The Kier molecular flexibility index (Phi) is 2.99. The Labute approximate surface area is 161 Å². The third kappa shape index (κ3) is 1.56. The average molecular weight is 361 g/mol. The lowest BCUT2D eigenvalue weighted by molar-refractivity contribution is 0.151. The van der Waals surface area contributed by atoms with Crippen LogP contribution in [0, 0.1) is 0 Å². The molecule has 4 aliphatic rings. The van der Waals surface area contributed by atoms with E-state index < -0.39 is 0 Å². The Morgan fingerprint density at radius 2 is 1.44 bits per heavy atom. The van der Waals surface area contributed by atoms with E-state index >= 15 is 0 Å². The summed E-state index contributed by atoms with van der Waals surface area (Å²) in [4.78, 5) is 7.64. The molecule has 0 spiro atoms. The minimum atomic E-state index is 0.106. The summed E-state index contributed by atoms with van der Waals surface area (Å²) in [6.45, 7) is 2.25. The summed E-state index contributed by atoms with van der Waals surface area (Å²) >= 11 is 0. The van der Waals surface area contributed by atoms with Crippen LogP contribution in [0.1, 0.15) is 24.0 Å². The maximum atomic E-state index is 3.89. The van der Waals surface area contributed by atoms with Crippen LogP contribution in [0.5, 0.6) is 0 Å². The summed E-state index contributed by atoms with van der Waals surface area (Å²) in [5, 5.41) is 3.89. The van der Waals surface area contributed by atoms with Crippen LogP contribution in [0.2, 0.25) is 0 Å². The van der Waals surface area contributed by atoms with Crippen molar-refractivity contribution >= 4 is 11.4 Å². The number of hydrogen-bond acceptors (Lipinski definition) is 4. The fraction of sp³-hybridized carbons (Fsp3) is 0.478. The van der Waals surface area contributed by atoms with Gasteiger partial charge in [-0.25, -0.2) is 0 Å². The van der Waals surface area contributed by atoms with Gasteiger partial charge in [-0.05, 0) is 49.7 Å². The number of benzene rings is 2. The molecule has 2 aromatic carbocycles. The third-order valence-electron chi connectivity index (χ3n) is 8.12. The minimum absolute atomic E-state index is 0.106.